The maximum absolute atomic E-state index is 12.2. The monoisotopic (exact) mass is 280 g/mol. The molecule has 3 rings (SSSR count). The number of hydrogen-bond acceptors (Lipinski definition) is 2. The van der Waals surface area contributed by atoms with Gasteiger partial charge in [-0.05, 0) is 49.3 Å². The van der Waals surface area contributed by atoms with Gasteiger partial charge in [-0.3, -0.25) is 4.79 Å². The number of benzene rings is 2. The molecule has 1 aliphatic rings. The van der Waals surface area contributed by atoms with Crippen LogP contribution in [0.1, 0.15) is 37.2 Å². The van der Waals surface area contributed by atoms with E-state index in [1.54, 1.807) is 0 Å². The highest BCUT2D eigenvalue weighted by Gasteiger charge is 2.28. The van der Waals surface area contributed by atoms with Gasteiger partial charge >= 0.3 is 5.97 Å². The van der Waals surface area contributed by atoms with E-state index in [2.05, 4.69) is 24.3 Å². The first-order valence-corrected chi connectivity index (χ1v) is 7.64. The Morgan fingerprint density at radius 1 is 0.810 bits per heavy atom. The molecular formula is C19H20O2. The minimum absolute atomic E-state index is 0.0465. The van der Waals surface area contributed by atoms with Crippen LogP contribution in [0.5, 0.6) is 5.75 Å². The first kappa shape index (κ1) is 13.9. The molecular weight excluding hydrogens is 260 g/mol. The summed E-state index contributed by atoms with van der Waals surface area (Å²) in [7, 11) is 0. The summed E-state index contributed by atoms with van der Waals surface area (Å²) in [6.45, 7) is 0. The van der Waals surface area contributed by atoms with Crippen molar-refractivity contribution in [3.63, 3.8) is 0 Å². The summed E-state index contributed by atoms with van der Waals surface area (Å²) in [6, 6.07) is 19.9. The standard InChI is InChI=1S/C19H20O2/c20-19(21-18-9-5-2-6-10-18)17-13-11-16(12-14-17)15-7-3-1-4-8-15/h1-10,16-17H,11-14H2. The molecule has 0 heterocycles. The zero-order valence-corrected chi connectivity index (χ0v) is 12.1. The first-order chi connectivity index (χ1) is 10.3. The van der Waals surface area contributed by atoms with E-state index in [1.807, 2.05) is 36.4 Å². The van der Waals surface area contributed by atoms with Gasteiger partial charge in [-0.1, -0.05) is 48.5 Å². The molecule has 2 heteroatoms. The average Bonchev–Trinajstić information content (AvgIpc) is 2.57. The third kappa shape index (κ3) is 3.52. The van der Waals surface area contributed by atoms with Gasteiger partial charge in [-0.25, -0.2) is 0 Å². The Kier molecular flexibility index (Phi) is 4.34. The van der Waals surface area contributed by atoms with Gasteiger partial charge < -0.3 is 4.74 Å². The molecule has 0 bridgehead atoms. The van der Waals surface area contributed by atoms with Crippen molar-refractivity contribution in [3.8, 4) is 5.75 Å². The van der Waals surface area contributed by atoms with Crippen molar-refractivity contribution < 1.29 is 9.53 Å². The van der Waals surface area contributed by atoms with E-state index >= 15 is 0 Å². The average molecular weight is 280 g/mol. The summed E-state index contributed by atoms with van der Waals surface area (Å²) in [5, 5.41) is 0. The van der Waals surface area contributed by atoms with Crippen molar-refractivity contribution in [1.29, 1.82) is 0 Å². The fourth-order valence-corrected chi connectivity index (χ4v) is 3.08. The van der Waals surface area contributed by atoms with Crippen molar-refractivity contribution >= 4 is 5.97 Å². The summed E-state index contributed by atoms with van der Waals surface area (Å²) in [4.78, 5) is 12.2. The first-order valence-electron chi connectivity index (χ1n) is 7.64. The Morgan fingerprint density at radius 2 is 1.38 bits per heavy atom. The Hall–Kier alpha value is -2.09. The van der Waals surface area contributed by atoms with Crippen LogP contribution in [0.25, 0.3) is 0 Å². The van der Waals surface area contributed by atoms with E-state index < -0.39 is 0 Å². The second-order valence-electron chi connectivity index (χ2n) is 5.69. The Balaban J connectivity index is 1.55. The van der Waals surface area contributed by atoms with Crippen LogP contribution in [-0.2, 0) is 4.79 Å². The van der Waals surface area contributed by atoms with Crippen LogP contribution >= 0.6 is 0 Å². The molecule has 0 spiro atoms. The molecule has 108 valence electrons. The third-order valence-electron chi connectivity index (χ3n) is 4.29. The van der Waals surface area contributed by atoms with Crippen LogP contribution in [0.4, 0.5) is 0 Å². The number of hydrogen-bond donors (Lipinski definition) is 0. The lowest BCUT2D eigenvalue weighted by Crippen LogP contribution is -2.25. The van der Waals surface area contributed by atoms with Gasteiger partial charge in [0, 0.05) is 0 Å². The fraction of sp³-hybridized carbons (Fsp3) is 0.316. The topological polar surface area (TPSA) is 26.3 Å². The molecule has 2 nitrogen and oxygen atoms in total. The van der Waals surface area contributed by atoms with Crippen molar-refractivity contribution in [3.05, 3.63) is 66.2 Å². The molecule has 2 aromatic carbocycles. The van der Waals surface area contributed by atoms with Gasteiger partial charge in [-0.2, -0.15) is 0 Å². The van der Waals surface area contributed by atoms with Crippen molar-refractivity contribution in [1.82, 2.24) is 0 Å². The van der Waals surface area contributed by atoms with Gasteiger partial charge in [0.15, 0.2) is 0 Å². The predicted molar refractivity (Wildman–Crippen MR) is 83.2 cm³/mol. The van der Waals surface area contributed by atoms with E-state index in [-0.39, 0.29) is 11.9 Å². The van der Waals surface area contributed by atoms with E-state index in [1.165, 1.54) is 5.56 Å². The summed E-state index contributed by atoms with van der Waals surface area (Å²) >= 11 is 0. The number of para-hydroxylation sites is 1. The maximum atomic E-state index is 12.2. The minimum atomic E-state index is -0.0762. The lowest BCUT2D eigenvalue weighted by molar-refractivity contribution is -0.140. The van der Waals surface area contributed by atoms with Crippen molar-refractivity contribution in [2.75, 3.05) is 0 Å². The van der Waals surface area contributed by atoms with Gasteiger partial charge in [0.1, 0.15) is 5.75 Å². The number of carbonyl (C=O) groups is 1. The van der Waals surface area contributed by atoms with E-state index in [9.17, 15) is 4.79 Å². The van der Waals surface area contributed by atoms with Gasteiger partial charge in [0.2, 0.25) is 0 Å². The molecule has 0 N–H and O–H groups in total. The molecule has 1 saturated carbocycles. The largest absolute Gasteiger partial charge is 0.426 e. The van der Waals surface area contributed by atoms with Crippen molar-refractivity contribution in [2.45, 2.75) is 31.6 Å². The predicted octanol–water partition coefficient (Wildman–Crippen LogP) is 4.57. The fourth-order valence-electron chi connectivity index (χ4n) is 3.08. The lowest BCUT2D eigenvalue weighted by Gasteiger charge is -2.27. The van der Waals surface area contributed by atoms with Crippen LogP contribution in [0, 0.1) is 5.92 Å². The highest BCUT2D eigenvalue weighted by Crippen LogP contribution is 2.36. The SMILES string of the molecule is O=C(Oc1ccccc1)C1CCC(c2ccccc2)CC1. The number of carbonyl (C=O) groups excluding carboxylic acids is 1. The summed E-state index contributed by atoms with van der Waals surface area (Å²) in [5.41, 5.74) is 1.40. The molecule has 0 unspecified atom stereocenters. The quantitative estimate of drug-likeness (QED) is 0.608. The Labute approximate surface area is 125 Å². The van der Waals surface area contributed by atoms with Crippen LogP contribution in [0.15, 0.2) is 60.7 Å². The van der Waals surface area contributed by atoms with E-state index in [0.29, 0.717) is 11.7 Å². The van der Waals surface area contributed by atoms with Crippen molar-refractivity contribution in [2.24, 2.45) is 5.92 Å². The Morgan fingerprint density at radius 3 is 2.00 bits per heavy atom. The van der Waals surface area contributed by atoms with E-state index in [4.69, 9.17) is 4.74 Å². The van der Waals surface area contributed by atoms with Crippen LogP contribution in [0.2, 0.25) is 0 Å². The number of rotatable bonds is 3. The lowest BCUT2D eigenvalue weighted by atomic mass is 9.79. The summed E-state index contributed by atoms with van der Waals surface area (Å²) in [5.74, 6) is 1.21. The summed E-state index contributed by atoms with van der Waals surface area (Å²) < 4.78 is 5.46. The third-order valence-corrected chi connectivity index (χ3v) is 4.29. The zero-order valence-electron chi connectivity index (χ0n) is 12.1. The molecule has 1 aliphatic carbocycles. The maximum Gasteiger partial charge on any atom is 0.314 e. The van der Waals surface area contributed by atoms with Crippen LogP contribution in [-0.4, -0.2) is 5.97 Å². The molecule has 2 aromatic rings. The van der Waals surface area contributed by atoms with Crippen LogP contribution in [0.3, 0.4) is 0 Å². The van der Waals surface area contributed by atoms with E-state index in [0.717, 1.165) is 25.7 Å². The molecule has 21 heavy (non-hydrogen) atoms. The van der Waals surface area contributed by atoms with Gasteiger partial charge in [0.05, 0.1) is 5.92 Å². The summed E-state index contributed by atoms with van der Waals surface area (Å²) in [6.07, 6.45) is 3.98. The second kappa shape index (κ2) is 6.57. The van der Waals surface area contributed by atoms with Crippen LogP contribution < -0.4 is 4.74 Å². The molecule has 0 atom stereocenters. The highest BCUT2D eigenvalue weighted by molar-refractivity contribution is 5.75. The number of esters is 1. The molecule has 0 saturated heterocycles. The zero-order chi connectivity index (χ0) is 14.5. The highest BCUT2D eigenvalue weighted by atomic mass is 16.5. The molecule has 0 amide bonds. The van der Waals surface area contributed by atoms with Gasteiger partial charge in [-0.15, -0.1) is 0 Å². The number of ether oxygens (including phenoxy) is 1. The molecule has 0 radical (unpaired) electrons. The molecule has 1 fully saturated rings. The molecule has 0 aromatic heterocycles. The van der Waals surface area contributed by atoms with Gasteiger partial charge in [0.25, 0.3) is 0 Å². The Bertz CT molecular complexity index is 569. The molecule has 0 aliphatic heterocycles. The normalized spacial score (nSPS) is 21.7. The minimum Gasteiger partial charge on any atom is -0.426 e. The smallest absolute Gasteiger partial charge is 0.314 e. The second-order valence-corrected chi connectivity index (χ2v) is 5.69.